The van der Waals surface area contributed by atoms with Gasteiger partial charge in [-0.25, -0.2) is 14.4 Å². The van der Waals surface area contributed by atoms with E-state index in [4.69, 9.17) is 0 Å². The predicted molar refractivity (Wildman–Crippen MR) is 102 cm³/mol. The Bertz CT molecular complexity index is 779. The van der Waals surface area contributed by atoms with Crippen molar-refractivity contribution in [1.82, 2.24) is 19.9 Å². The molecule has 2 N–H and O–H groups in total. The van der Waals surface area contributed by atoms with Crippen molar-refractivity contribution in [2.75, 3.05) is 13.1 Å². The molecule has 2 amide bonds. The Hall–Kier alpha value is -2.48. The van der Waals surface area contributed by atoms with Crippen LogP contribution < -0.4 is 0 Å². The fraction of sp³-hybridized carbons (Fsp3) is 0.550. The lowest BCUT2D eigenvalue weighted by Gasteiger charge is -2.28. The number of hydrogen-bond acceptors (Lipinski definition) is 4. The van der Waals surface area contributed by atoms with Gasteiger partial charge in [-0.1, -0.05) is 38.3 Å². The quantitative estimate of drug-likeness (QED) is 0.298. The third kappa shape index (κ3) is 4.49. The summed E-state index contributed by atoms with van der Waals surface area (Å²) in [5.74, 6) is -0.250. The van der Waals surface area contributed by atoms with E-state index in [0.717, 1.165) is 30.3 Å². The lowest BCUT2D eigenvalue weighted by atomic mass is 9.99. The molecule has 0 saturated carbocycles. The van der Waals surface area contributed by atoms with Crippen LogP contribution in [-0.2, 0) is 9.59 Å². The highest BCUT2D eigenvalue weighted by Gasteiger charge is 2.40. The topological polar surface area (TPSA) is 89.5 Å². The number of para-hydroxylation sites is 2. The fourth-order valence-electron chi connectivity index (χ4n) is 3.85. The predicted octanol–water partition coefficient (Wildman–Crippen LogP) is 3.22. The third-order valence-corrected chi connectivity index (χ3v) is 5.29. The van der Waals surface area contributed by atoms with Gasteiger partial charge in [0.2, 0.25) is 12.3 Å². The van der Waals surface area contributed by atoms with Crippen LogP contribution in [0, 0.1) is 5.92 Å². The maximum absolute atomic E-state index is 14.3. The molecule has 152 valence electrons. The molecule has 0 unspecified atom stereocenters. The number of H-pyrrole nitrogens is 1. The number of halogens is 1. The number of fused-ring (bicyclic) bond motifs is 1. The van der Waals surface area contributed by atoms with Crippen molar-refractivity contribution in [3.8, 4) is 0 Å². The van der Waals surface area contributed by atoms with E-state index in [2.05, 4.69) is 16.9 Å². The summed E-state index contributed by atoms with van der Waals surface area (Å²) in [4.78, 5) is 33.3. The number of nitrogens with one attached hydrogen (secondary N) is 1. The van der Waals surface area contributed by atoms with Gasteiger partial charge in [0.25, 0.3) is 0 Å². The number of nitrogens with zero attached hydrogens (tertiary/aromatic N) is 3. The average molecular weight is 390 g/mol. The van der Waals surface area contributed by atoms with Gasteiger partial charge >= 0.3 is 0 Å². The molecule has 3 atom stereocenters. The summed E-state index contributed by atoms with van der Waals surface area (Å²) in [6, 6.07) is 7.04. The van der Waals surface area contributed by atoms with Crippen LogP contribution in [0.25, 0.3) is 11.0 Å². The molecule has 8 heteroatoms. The lowest BCUT2D eigenvalue weighted by molar-refractivity contribution is -0.157. The molecule has 1 fully saturated rings. The summed E-state index contributed by atoms with van der Waals surface area (Å²) < 4.78 is 14.3. The normalized spacial score (nSPS) is 20.5. The van der Waals surface area contributed by atoms with Gasteiger partial charge in [0.05, 0.1) is 36.1 Å². The van der Waals surface area contributed by atoms with Gasteiger partial charge in [-0.05, 0) is 18.6 Å². The average Bonchev–Trinajstić information content (AvgIpc) is 3.29. The first-order chi connectivity index (χ1) is 13.5. The monoisotopic (exact) mass is 390 g/mol. The Morgan fingerprint density at radius 3 is 2.96 bits per heavy atom. The number of carbonyl (C=O) groups is 2. The number of imidazole rings is 1. The minimum absolute atomic E-state index is 0.00264. The Kier molecular flexibility index (Phi) is 6.61. The SMILES string of the molecule is CCCCC[C@H](CN(O)C=O)C(=O)N1C[C@H](F)C[C@H]1c1nc2ccccc2[nH]1. The van der Waals surface area contributed by atoms with E-state index in [0.29, 0.717) is 23.7 Å². The van der Waals surface area contributed by atoms with Gasteiger partial charge in [-0.3, -0.25) is 14.8 Å². The van der Waals surface area contributed by atoms with Crippen molar-refractivity contribution >= 4 is 23.4 Å². The van der Waals surface area contributed by atoms with Crippen molar-refractivity contribution in [1.29, 1.82) is 0 Å². The van der Waals surface area contributed by atoms with Gasteiger partial charge in [0.15, 0.2) is 0 Å². The summed E-state index contributed by atoms with van der Waals surface area (Å²) in [7, 11) is 0. The van der Waals surface area contributed by atoms with Crippen LogP contribution in [0.2, 0.25) is 0 Å². The molecule has 0 bridgehead atoms. The highest BCUT2D eigenvalue weighted by atomic mass is 19.1. The number of benzene rings is 1. The molecule has 2 aromatic rings. The summed E-state index contributed by atoms with van der Waals surface area (Å²) in [5, 5.41) is 10.1. The number of aromatic amines is 1. The molecule has 2 heterocycles. The van der Waals surface area contributed by atoms with E-state index in [1.807, 2.05) is 24.3 Å². The maximum atomic E-state index is 14.3. The second-order valence-corrected chi connectivity index (χ2v) is 7.40. The number of unbranched alkanes of at least 4 members (excludes halogenated alkanes) is 2. The Morgan fingerprint density at radius 1 is 1.46 bits per heavy atom. The summed E-state index contributed by atoms with van der Waals surface area (Å²) in [6.45, 7) is 1.97. The first-order valence-electron chi connectivity index (χ1n) is 9.83. The van der Waals surface area contributed by atoms with Crippen LogP contribution in [-0.4, -0.2) is 56.7 Å². The van der Waals surface area contributed by atoms with Crippen molar-refractivity contribution < 1.29 is 19.2 Å². The van der Waals surface area contributed by atoms with Crippen molar-refractivity contribution in [3.05, 3.63) is 30.1 Å². The number of hydroxylamine groups is 2. The van der Waals surface area contributed by atoms with E-state index in [-0.39, 0.29) is 25.4 Å². The number of likely N-dealkylation sites (tertiary alicyclic amines) is 1. The molecule has 3 rings (SSSR count). The zero-order valence-electron chi connectivity index (χ0n) is 16.1. The molecule has 7 nitrogen and oxygen atoms in total. The molecule has 1 aliphatic rings. The Balaban J connectivity index is 1.81. The summed E-state index contributed by atoms with van der Waals surface area (Å²) >= 11 is 0. The van der Waals surface area contributed by atoms with Gasteiger partial charge in [-0.2, -0.15) is 0 Å². The highest BCUT2D eigenvalue weighted by molar-refractivity contribution is 5.80. The highest BCUT2D eigenvalue weighted by Crippen LogP contribution is 2.35. The Morgan fingerprint density at radius 2 is 2.25 bits per heavy atom. The molecule has 1 aromatic heterocycles. The van der Waals surface area contributed by atoms with Crippen molar-refractivity contribution in [3.63, 3.8) is 0 Å². The molecule has 0 aliphatic carbocycles. The first-order valence-corrected chi connectivity index (χ1v) is 9.83. The zero-order valence-corrected chi connectivity index (χ0v) is 16.1. The van der Waals surface area contributed by atoms with Crippen LogP contribution in [0.5, 0.6) is 0 Å². The number of alkyl halides is 1. The zero-order chi connectivity index (χ0) is 20.1. The smallest absolute Gasteiger partial charge is 0.233 e. The summed E-state index contributed by atoms with van der Waals surface area (Å²) in [6.07, 6.45) is 2.64. The van der Waals surface area contributed by atoms with Crippen LogP contribution in [0.15, 0.2) is 24.3 Å². The molecule has 0 spiro atoms. The number of carbonyl (C=O) groups excluding carboxylic acids is 2. The third-order valence-electron chi connectivity index (χ3n) is 5.29. The van der Waals surface area contributed by atoms with E-state index in [1.54, 1.807) is 0 Å². The van der Waals surface area contributed by atoms with Crippen LogP contribution in [0.4, 0.5) is 4.39 Å². The van der Waals surface area contributed by atoms with Gasteiger partial charge in [0.1, 0.15) is 12.0 Å². The van der Waals surface area contributed by atoms with E-state index in [1.165, 1.54) is 4.90 Å². The number of hydrogen-bond donors (Lipinski definition) is 2. The molecular formula is C20H27FN4O3. The summed E-state index contributed by atoms with van der Waals surface area (Å²) in [5.41, 5.74) is 1.61. The number of rotatable bonds is 9. The number of amides is 2. The fourth-order valence-corrected chi connectivity index (χ4v) is 3.85. The molecule has 0 radical (unpaired) electrons. The standard InChI is InChI=1S/C20H27FN4O3/c1-2-3-4-7-14(11-24(28)13-26)20(27)25-12-15(21)10-18(25)19-22-16-8-5-6-9-17(16)23-19/h5-6,8-9,13-15,18,28H,2-4,7,10-12H2,1H3,(H,22,23)/t14-,15-,18+/m1/s1. The van der Waals surface area contributed by atoms with E-state index < -0.39 is 18.1 Å². The second-order valence-electron chi connectivity index (χ2n) is 7.40. The van der Waals surface area contributed by atoms with Crippen LogP contribution in [0.1, 0.15) is 50.9 Å². The number of aromatic nitrogens is 2. The minimum atomic E-state index is -1.13. The van der Waals surface area contributed by atoms with Gasteiger partial charge in [-0.15, -0.1) is 0 Å². The van der Waals surface area contributed by atoms with Crippen molar-refractivity contribution in [2.45, 2.75) is 51.2 Å². The van der Waals surface area contributed by atoms with E-state index >= 15 is 0 Å². The van der Waals surface area contributed by atoms with Gasteiger partial charge < -0.3 is 9.88 Å². The second kappa shape index (κ2) is 9.14. The largest absolute Gasteiger partial charge is 0.340 e. The molecule has 1 saturated heterocycles. The minimum Gasteiger partial charge on any atom is -0.340 e. The molecule has 1 aromatic carbocycles. The van der Waals surface area contributed by atoms with Crippen LogP contribution >= 0.6 is 0 Å². The Labute approximate surface area is 163 Å². The lowest BCUT2D eigenvalue weighted by Crippen LogP contribution is -2.41. The molecule has 1 aliphatic heterocycles. The maximum Gasteiger partial charge on any atom is 0.233 e. The molecule has 28 heavy (non-hydrogen) atoms. The van der Waals surface area contributed by atoms with Crippen molar-refractivity contribution in [2.24, 2.45) is 5.92 Å². The van der Waals surface area contributed by atoms with Crippen LogP contribution in [0.3, 0.4) is 0 Å². The van der Waals surface area contributed by atoms with E-state index in [9.17, 15) is 19.2 Å². The van der Waals surface area contributed by atoms with Gasteiger partial charge in [0, 0.05) is 6.42 Å². The first kappa shape index (κ1) is 20.3. The molecular weight excluding hydrogens is 363 g/mol.